The zero-order valence-corrected chi connectivity index (χ0v) is 18.7. The highest BCUT2D eigenvalue weighted by Gasteiger charge is 2.56. The largest absolute Gasteiger partial charge is 0.460 e. The summed E-state index contributed by atoms with van der Waals surface area (Å²) in [6.45, 7) is 7.31. The van der Waals surface area contributed by atoms with Crippen molar-refractivity contribution in [2.45, 2.75) is 64.8 Å². The maximum absolute atomic E-state index is 13.7. The van der Waals surface area contributed by atoms with E-state index in [0.717, 1.165) is 18.7 Å². The molecule has 1 saturated heterocycles. The number of halogens is 3. The van der Waals surface area contributed by atoms with Crippen LogP contribution in [0.3, 0.4) is 0 Å². The molecule has 4 rings (SSSR count). The summed E-state index contributed by atoms with van der Waals surface area (Å²) in [6, 6.07) is 1.11. The number of rotatable bonds is 3. The Balaban J connectivity index is 1.48. The lowest BCUT2D eigenvalue weighted by atomic mass is 9.78. The fourth-order valence-corrected chi connectivity index (χ4v) is 5.54. The molecule has 176 valence electrons. The molecule has 0 aromatic carbocycles. The first kappa shape index (κ1) is 23.0. The first-order valence-corrected chi connectivity index (χ1v) is 11.1. The molecule has 1 aliphatic carbocycles. The van der Waals surface area contributed by atoms with Crippen molar-refractivity contribution >= 4 is 11.9 Å². The monoisotopic (exact) mass is 453 g/mol. The molecule has 32 heavy (non-hydrogen) atoms. The number of aromatic nitrogens is 1. The number of fused-ring (bicyclic) bond motifs is 2. The Morgan fingerprint density at radius 2 is 2.06 bits per heavy atom. The van der Waals surface area contributed by atoms with Gasteiger partial charge in [0.25, 0.3) is 0 Å². The lowest BCUT2D eigenvalue weighted by molar-refractivity contribution is -0.156. The highest BCUT2D eigenvalue weighted by atomic mass is 19.4. The number of carbonyl (C=O) groups excluding carboxylic acids is 2. The molecule has 2 aliphatic heterocycles. The molecule has 1 aromatic rings. The van der Waals surface area contributed by atoms with Gasteiger partial charge in [-0.1, -0.05) is 0 Å². The molecule has 3 heterocycles. The van der Waals surface area contributed by atoms with E-state index < -0.39 is 22.8 Å². The molecule has 1 amide bonds. The molecular weight excluding hydrogens is 423 g/mol. The third kappa shape index (κ3) is 4.49. The van der Waals surface area contributed by atoms with Crippen molar-refractivity contribution in [3.63, 3.8) is 0 Å². The summed E-state index contributed by atoms with van der Waals surface area (Å²) in [7, 11) is 0. The SMILES string of the molecule is CC(C)(C)OC(=O)C[C@@H]1C[C@H]2CNC[C@@]2(C(=O)N2CCc3ncc(C(F)(F)F)cc3C2)C1. The Kier molecular flexibility index (Phi) is 5.76. The molecular formula is C23H30F3N3O3. The molecule has 3 atom stereocenters. The molecule has 0 unspecified atom stereocenters. The predicted octanol–water partition coefficient (Wildman–Crippen LogP) is 3.33. The number of carbonyl (C=O) groups is 2. The van der Waals surface area contributed by atoms with Crippen LogP contribution in [0.25, 0.3) is 0 Å². The Hall–Kier alpha value is -2.16. The van der Waals surface area contributed by atoms with Gasteiger partial charge in [-0.3, -0.25) is 14.6 Å². The van der Waals surface area contributed by atoms with Crippen molar-refractivity contribution in [2.24, 2.45) is 17.3 Å². The van der Waals surface area contributed by atoms with Crippen LogP contribution in [0.5, 0.6) is 0 Å². The molecule has 2 fully saturated rings. The van der Waals surface area contributed by atoms with Crippen LogP contribution in [-0.2, 0) is 33.5 Å². The Bertz CT molecular complexity index is 912. The zero-order valence-electron chi connectivity index (χ0n) is 18.7. The van der Waals surface area contributed by atoms with Crippen LogP contribution >= 0.6 is 0 Å². The van der Waals surface area contributed by atoms with Crippen molar-refractivity contribution in [3.8, 4) is 0 Å². The minimum atomic E-state index is -4.46. The number of hydrogen-bond donors (Lipinski definition) is 1. The summed E-state index contributed by atoms with van der Waals surface area (Å²) in [5.74, 6) is -0.0992. The van der Waals surface area contributed by atoms with Crippen LogP contribution in [0, 0.1) is 17.3 Å². The van der Waals surface area contributed by atoms with Gasteiger partial charge in [0.1, 0.15) is 5.60 Å². The number of alkyl halides is 3. The third-order valence-electron chi connectivity index (χ3n) is 6.84. The van der Waals surface area contributed by atoms with Crippen LogP contribution in [0.1, 0.15) is 56.9 Å². The normalized spacial score (nSPS) is 27.8. The summed E-state index contributed by atoms with van der Waals surface area (Å²) in [5, 5.41) is 3.32. The van der Waals surface area contributed by atoms with Gasteiger partial charge in [-0.2, -0.15) is 13.2 Å². The summed E-state index contributed by atoms with van der Waals surface area (Å²) in [4.78, 5) is 31.7. The van der Waals surface area contributed by atoms with Gasteiger partial charge in [-0.25, -0.2) is 0 Å². The fraction of sp³-hybridized carbons (Fsp3) is 0.696. The number of nitrogens with one attached hydrogen (secondary N) is 1. The van der Waals surface area contributed by atoms with Crippen LogP contribution in [0.15, 0.2) is 12.3 Å². The van der Waals surface area contributed by atoms with E-state index in [-0.39, 0.29) is 36.7 Å². The van der Waals surface area contributed by atoms with Crippen molar-refractivity contribution in [1.29, 1.82) is 0 Å². The second kappa shape index (κ2) is 8.01. The van der Waals surface area contributed by atoms with E-state index in [1.54, 1.807) is 4.90 Å². The topological polar surface area (TPSA) is 71.5 Å². The van der Waals surface area contributed by atoms with Gasteiger partial charge < -0.3 is 15.0 Å². The van der Waals surface area contributed by atoms with Crippen molar-refractivity contribution in [1.82, 2.24) is 15.2 Å². The summed E-state index contributed by atoms with van der Waals surface area (Å²) in [6.07, 6.45) is -1.52. The first-order chi connectivity index (χ1) is 14.9. The molecule has 1 N–H and O–H groups in total. The third-order valence-corrected chi connectivity index (χ3v) is 6.84. The molecule has 0 bridgehead atoms. The van der Waals surface area contributed by atoms with Gasteiger partial charge in [0.15, 0.2) is 0 Å². The fourth-order valence-electron chi connectivity index (χ4n) is 5.54. The second-order valence-electron chi connectivity index (χ2n) is 10.4. The van der Waals surface area contributed by atoms with Crippen LogP contribution in [0.2, 0.25) is 0 Å². The Morgan fingerprint density at radius 1 is 1.31 bits per heavy atom. The highest BCUT2D eigenvalue weighted by molar-refractivity contribution is 5.85. The number of ether oxygens (including phenoxy) is 1. The van der Waals surface area contributed by atoms with Gasteiger partial charge in [0.05, 0.1) is 11.0 Å². The number of nitrogens with zero attached hydrogens (tertiary/aromatic N) is 2. The molecule has 1 aromatic heterocycles. The molecule has 9 heteroatoms. The smallest absolute Gasteiger partial charge is 0.417 e. The number of amides is 1. The van der Waals surface area contributed by atoms with E-state index in [4.69, 9.17) is 4.74 Å². The maximum Gasteiger partial charge on any atom is 0.417 e. The molecule has 0 spiro atoms. The van der Waals surface area contributed by atoms with Crippen LogP contribution < -0.4 is 5.32 Å². The summed E-state index contributed by atoms with van der Waals surface area (Å²) in [5.41, 5.74) is -0.872. The van der Waals surface area contributed by atoms with E-state index in [1.807, 2.05) is 20.8 Å². The Labute approximate surface area is 185 Å². The molecule has 3 aliphatic rings. The average molecular weight is 454 g/mol. The van der Waals surface area contributed by atoms with E-state index in [0.29, 0.717) is 43.7 Å². The molecule has 1 saturated carbocycles. The quantitative estimate of drug-likeness (QED) is 0.711. The highest BCUT2D eigenvalue weighted by Crippen LogP contribution is 2.51. The summed E-state index contributed by atoms with van der Waals surface area (Å²) < 4.78 is 44.8. The summed E-state index contributed by atoms with van der Waals surface area (Å²) >= 11 is 0. The lowest BCUT2D eigenvalue weighted by Crippen LogP contribution is -2.48. The predicted molar refractivity (Wildman–Crippen MR) is 110 cm³/mol. The zero-order chi connectivity index (χ0) is 23.3. The van der Waals surface area contributed by atoms with Crippen molar-refractivity contribution in [2.75, 3.05) is 19.6 Å². The van der Waals surface area contributed by atoms with Gasteiger partial charge in [0, 0.05) is 44.4 Å². The van der Waals surface area contributed by atoms with Crippen LogP contribution in [0.4, 0.5) is 13.2 Å². The van der Waals surface area contributed by atoms with E-state index >= 15 is 0 Å². The van der Waals surface area contributed by atoms with E-state index in [1.165, 1.54) is 0 Å². The minimum absolute atomic E-state index is 0.0257. The van der Waals surface area contributed by atoms with E-state index in [2.05, 4.69) is 10.3 Å². The van der Waals surface area contributed by atoms with Gasteiger partial charge >= 0.3 is 12.1 Å². The van der Waals surface area contributed by atoms with Crippen LogP contribution in [-0.4, -0.2) is 47.0 Å². The van der Waals surface area contributed by atoms with Gasteiger partial charge in [-0.15, -0.1) is 0 Å². The van der Waals surface area contributed by atoms with E-state index in [9.17, 15) is 22.8 Å². The number of esters is 1. The molecule has 6 nitrogen and oxygen atoms in total. The van der Waals surface area contributed by atoms with Gasteiger partial charge in [0.2, 0.25) is 5.91 Å². The van der Waals surface area contributed by atoms with Crippen molar-refractivity contribution < 1.29 is 27.5 Å². The van der Waals surface area contributed by atoms with Crippen molar-refractivity contribution in [3.05, 3.63) is 29.1 Å². The standard InChI is InChI=1S/C23H30F3N3O3/c1-21(2,3)32-19(30)7-14-6-16-10-27-13-22(16,9-14)20(31)29-5-4-18-15(12-29)8-17(11-28-18)23(24,25)26/h8,11,14,16,27H,4-7,9-10,12-13H2,1-3H3/t14-,16-,22-/m0/s1. The molecule has 0 radical (unpaired) electrons. The number of pyridine rings is 1. The van der Waals surface area contributed by atoms with Gasteiger partial charge in [-0.05, 0) is 63.6 Å². The average Bonchev–Trinajstić information content (AvgIpc) is 3.22. The minimum Gasteiger partial charge on any atom is -0.460 e. The number of hydrogen-bond acceptors (Lipinski definition) is 5. The lowest BCUT2D eigenvalue weighted by Gasteiger charge is -2.37. The Morgan fingerprint density at radius 3 is 2.75 bits per heavy atom. The second-order valence-corrected chi connectivity index (χ2v) is 10.4. The maximum atomic E-state index is 13.7. The first-order valence-electron chi connectivity index (χ1n) is 11.1.